The SMILES string of the molecule is C1=C[CH]([Zr+2]2([CH]3C=CC4=C3CCCC4)[CH2][CH2]2)C2=C1CCCC2.CC(C)(C)c1ccc([O-])c(C(C)(C)C)c1.CC(C)(C)c1ccc([O-])c(C(C)(C)C)c1. The Balaban J connectivity index is 0.000000153. The van der Waals surface area contributed by atoms with E-state index in [2.05, 4.69) is 120 Å². The van der Waals surface area contributed by atoms with Crippen molar-refractivity contribution < 1.29 is 30.5 Å². The number of allylic oxidation sites excluding steroid dienone is 8. The van der Waals surface area contributed by atoms with Crippen LogP contribution in [0.4, 0.5) is 0 Å². The first kappa shape index (κ1) is 40.1. The van der Waals surface area contributed by atoms with E-state index in [0.29, 0.717) is 0 Å². The smallest absolute Gasteiger partial charge is 0.0132 e. The molecule has 7 rings (SSSR count). The Morgan fingerprint density at radius 3 is 1.16 bits per heavy atom. The monoisotopic (exact) mass is 766 g/mol. The molecule has 5 aliphatic rings. The molecule has 1 aliphatic heterocycles. The third-order valence-electron chi connectivity index (χ3n) is 12.2. The van der Waals surface area contributed by atoms with Gasteiger partial charge < -0.3 is 10.2 Å². The van der Waals surface area contributed by atoms with Crippen molar-refractivity contribution >= 4 is 0 Å². The minimum atomic E-state index is -1.96. The van der Waals surface area contributed by atoms with Gasteiger partial charge in [0.15, 0.2) is 0 Å². The molecular weight excluding hydrogens is 700 g/mol. The van der Waals surface area contributed by atoms with Gasteiger partial charge in [0.25, 0.3) is 0 Å². The molecule has 0 aromatic heterocycles. The summed E-state index contributed by atoms with van der Waals surface area (Å²) in [6.07, 6.45) is 21.9. The van der Waals surface area contributed by atoms with E-state index in [1.807, 2.05) is 23.3 Å². The van der Waals surface area contributed by atoms with Gasteiger partial charge >= 0.3 is 134 Å². The summed E-state index contributed by atoms with van der Waals surface area (Å²) in [5, 5.41) is 23.5. The molecule has 2 aromatic carbocycles. The van der Waals surface area contributed by atoms with Crippen LogP contribution in [0.3, 0.4) is 0 Å². The fourth-order valence-electron chi connectivity index (χ4n) is 8.85. The van der Waals surface area contributed by atoms with Gasteiger partial charge in [-0.05, 0) is 32.8 Å². The van der Waals surface area contributed by atoms with Gasteiger partial charge in [-0.25, -0.2) is 0 Å². The zero-order valence-corrected chi connectivity index (χ0v) is 36.8. The van der Waals surface area contributed by atoms with Crippen LogP contribution in [-0.2, 0) is 41.9 Å². The second-order valence-electron chi connectivity index (χ2n) is 20.3. The molecule has 1 fully saturated rings. The molecule has 1 saturated heterocycles. The number of hydrogen-bond donors (Lipinski definition) is 0. The van der Waals surface area contributed by atoms with Crippen LogP contribution in [-0.4, -0.2) is 0 Å². The average Bonchev–Trinajstić information content (AvgIpc) is 3.51. The van der Waals surface area contributed by atoms with Crippen molar-refractivity contribution in [3.63, 3.8) is 0 Å². The molecule has 0 N–H and O–H groups in total. The Morgan fingerprint density at radius 1 is 0.490 bits per heavy atom. The normalized spacial score (nSPS) is 21.9. The molecule has 3 heteroatoms. The molecular formula is C48H68O2Zr. The van der Waals surface area contributed by atoms with E-state index < -0.39 is 20.3 Å². The van der Waals surface area contributed by atoms with Crippen molar-refractivity contribution in [3.05, 3.63) is 105 Å². The Labute approximate surface area is 317 Å². The van der Waals surface area contributed by atoms with Crippen LogP contribution in [0, 0.1) is 0 Å². The fourth-order valence-corrected chi connectivity index (χ4v) is 25.2. The molecule has 2 atom stereocenters. The topological polar surface area (TPSA) is 46.1 Å². The molecule has 0 radical (unpaired) electrons. The quantitative estimate of drug-likeness (QED) is 0.305. The van der Waals surface area contributed by atoms with Gasteiger partial charge in [-0.3, -0.25) is 0 Å². The minimum absolute atomic E-state index is 0.0711. The molecule has 276 valence electrons. The molecule has 0 spiro atoms. The van der Waals surface area contributed by atoms with Crippen molar-refractivity contribution in [2.45, 2.75) is 172 Å². The third-order valence-corrected chi connectivity index (χ3v) is 25.0. The molecule has 2 unspecified atom stereocenters. The predicted molar refractivity (Wildman–Crippen MR) is 213 cm³/mol. The van der Waals surface area contributed by atoms with Gasteiger partial charge in [-0.1, -0.05) is 131 Å². The van der Waals surface area contributed by atoms with E-state index in [9.17, 15) is 10.2 Å². The number of hydrogen-bond acceptors (Lipinski definition) is 2. The van der Waals surface area contributed by atoms with Crippen LogP contribution in [0.25, 0.3) is 0 Å². The van der Waals surface area contributed by atoms with E-state index in [0.717, 1.165) is 18.4 Å². The molecule has 4 aliphatic carbocycles. The van der Waals surface area contributed by atoms with Crippen molar-refractivity contribution in [2.75, 3.05) is 0 Å². The molecule has 0 bridgehead atoms. The Morgan fingerprint density at radius 2 is 0.843 bits per heavy atom. The Kier molecular flexibility index (Phi) is 11.8. The zero-order valence-electron chi connectivity index (χ0n) is 34.3. The Bertz CT molecular complexity index is 1580. The van der Waals surface area contributed by atoms with Gasteiger partial charge in [0, 0.05) is 0 Å². The second kappa shape index (κ2) is 15.0. The summed E-state index contributed by atoms with van der Waals surface area (Å²) < 4.78 is 5.34. The van der Waals surface area contributed by atoms with Gasteiger partial charge in [-0.15, -0.1) is 11.5 Å². The van der Waals surface area contributed by atoms with Crippen molar-refractivity contribution in [1.29, 1.82) is 0 Å². The summed E-state index contributed by atoms with van der Waals surface area (Å²) in [4.78, 5) is 0. The largest absolute Gasteiger partial charge is 0.872 e. The summed E-state index contributed by atoms with van der Waals surface area (Å²) in [5.41, 5.74) is 11.8. The van der Waals surface area contributed by atoms with Gasteiger partial charge in [0.1, 0.15) is 0 Å². The second-order valence-corrected chi connectivity index (χ2v) is 31.9. The van der Waals surface area contributed by atoms with Crippen LogP contribution in [0.15, 0.2) is 83.0 Å². The van der Waals surface area contributed by atoms with E-state index in [1.165, 1.54) is 62.5 Å². The molecule has 0 saturated carbocycles. The molecule has 2 aromatic rings. The van der Waals surface area contributed by atoms with E-state index in [1.54, 1.807) is 31.5 Å². The number of benzene rings is 2. The molecule has 0 amide bonds. The van der Waals surface area contributed by atoms with E-state index in [4.69, 9.17) is 0 Å². The Hall–Kier alpha value is -2.12. The summed E-state index contributed by atoms with van der Waals surface area (Å²) in [6.45, 7) is 25.5. The van der Waals surface area contributed by atoms with Crippen LogP contribution in [0.5, 0.6) is 11.5 Å². The van der Waals surface area contributed by atoms with Crippen LogP contribution in [0.1, 0.15) is 157 Å². The zero-order chi connectivity index (χ0) is 37.6. The van der Waals surface area contributed by atoms with Crippen molar-refractivity contribution in [3.8, 4) is 11.5 Å². The van der Waals surface area contributed by atoms with Crippen LogP contribution >= 0.6 is 0 Å². The summed E-state index contributed by atoms with van der Waals surface area (Å²) in [5.74, 6) is 0.297. The van der Waals surface area contributed by atoms with E-state index in [-0.39, 0.29) is 33.2 Å². The third kappa shape index (κ3) is 9.16. The van der Waals surface area contributed by atoms with Crippen LogP contribution < -0.4 is 10.2 Å². The van der Waals surface area contributed by atoms with E-state index >= 15 is 0 Å². The maximum Gasteiger partial charge on any atom is -0.0132 e. The maximum atomic E-state index is 11.7. The minimum Gasteiger partial charge on any atom is -0.872 e. The fraction of sp³-hybridized carbons (Fsp3) is 0.583. The first-order valence-corrected chi connectivity index (χ1v) is 26.4. The maximum absolute atomic E-state index is 11.7. The molecule has 51 heavy (non-hydrogen) atoms. The van der Waals surface area contributed by atoms with Gasteiger partial charge in [0.05, 0.1) is 0 Å². The molecule has 2 nitrogen and oxygen atoms in total. The van der Waals surface area contributed by atoms with Gasteiger partial charge in [-0.2, -0.15) is 0 Å². The molecule has 1 heterocycles. The van der Waals surface area contributed by atoms with Crippen molar-refractivity contribution in [2.24, 2.45) is 0 Å². The average molecular weight is 768 g/mol. The standard InChI is InChI=1S/2C14H22O.2C9H11.C2H4.Zr/c2*1-13(2,3)10-7-8-12(15)11(9-10)14(4,5)6;2*1-2-5-9-7-3-6-8(9)4-1;1-2;/h2*7-9,15H,1-6H3;2*3,6-7H,1-2,4-5H2;1-2H2;/q;;;;;+2/p-2. The predicted octanol–water partition coefficient (Wildman–Crippen LogP) is 13.2. The van der Waals surface area contributed by atoms with Gasteiger partial charge in [0.2, 0.25) is 0 Å². The summed E-state index contributed by atoms with van der Waals surface area (Å²) >= 11 is -1.96. The first-order chi connectivity index (χ1) is 23.6. The van der Waals surface area contributed by atoms with Crippen molar-refractivity contribution in [1.82, 2.24) is 0 Å². The summed E-state index contributed by atoms with van der Waals surface area (Å²) in [7, 11) is 0. The first-order valence-electron chi connectivity index (χ1n) is 20.1. The van der Waals surface area contributed by atoms with Crippen LogP contribution in [0.2, 0.25) is 15.5 Å². The number of rotatable bonds is 2. The summed E-state index contributed by atoms with van der Waals surface area (Å²) in [6, 6.07) is 11.4.